The van der Waals surface area contributed by atoms with Crippen LogP contribution >= 0.6 is 23.4 Å². The van der Waals surface area contributed by atoms with E-state index in [-0.39, 0.29) is 11.8 Å². The average molecular weight is 448 g/mol. The Bertz CT molecular complexity index is 846. The van der Waals surface area contributed by atoms with E-state index < -0.39 is 6.04 Å². The fraction of sp³-hybridized carbons (Fsp3) is 0.391. The van der Waals surface area contributed by atoms with Gasteiger partial charge >= 0.3 is 0 Å². The van der Waals surface area contributed by atoms with Crippen LogP contribution in [-0.2, 0) is 16.1 Å². The summed E-state index contributed by atoms with van der Waals surface area (Å²) in [6.07, 6.45) is 0. The van der Waals surface area contributed by atoms with E-state index in [0.29, 0.717) is 23.9 Å². The Morgan fingerprint density at radius 1 is 1.10 bits per heavy atom. The van der Waals surface area contributed by atoms with Crippen LogP contribution in [0.2, 0.25) is 5.02 Å². The number of hydrogen-bond donors (Lipinski definition) is 1. The Morgan fingerprint density at radius 2 is 1.80 bits per heavy atom. The maximum absolute atomic E-state index is 13.4. The molecule has 0 saturated carbocycles. The number of thioether (sulfide) groups is 1. The number of likely N-dealkylation sites (N-methyl/N-ethyl adjacent to an activating group) is 1. The van der Waals surface area contributed by atoms with Gasteiger partial charge in [0.25, 0.3) is 0 Å². The minimum absolute atomic E-state index is 0.0818. The molecule has 30 heavy (non-hydrogen) atoms. The molecule has 0 aliphatic heterocycles. The lowest BCUT2D eigenvalue weighted by Crippen LogP contribution is -2.50. The normalized spacial score (nSPS) is 11.9. The number of hydrogen-bond acceptors (Lipinski definition) is 4. The number of benzene rings is 2. The SMILES string of the molecule is CC(=O)NC(CSc1ccc(C)c(Cl)c1)C(=O)N(CCN(C)C)Cc1ccccc1. The van der Waals surface area contributed by atoms with Crippen LogP contribution < -0.4 is 5.32 Å². The Kier molecular flexibility index (Phi) is 9.69. The van der Waals surface area contributed by atoms with E-state index in [0.717, 1.165) is 22.6 Å². The second-order valence-corrected chi connectivity index (χ2v) is 9.02. The second-order valence-electron chi connectivity index (χ2n) is 7.52. The van der Waals surface area contributed by atoms with Crippen molar-refractivity contribution >= 4 is 35.2 Å². The van der Waals surface area contributed by atoms with E-state index in [1.807, 2.05) is 79.3 Å². The summed E-state index contributed by atoms with van der Waals surface area (Å²) < 4.78 is 0. The van der Waals surface area contributed by atoms with Crippen molar-refractivity contribution in [2.75, 3.05) is 32.9 Å². The molecule has 5 nitrogen and oxygen atoms in total. The van der Waals surface area contributed by atoms with Crippen molar-refractivity contribution in [2.45, 2.75) is 31.3 Å². The maximum Gasteiger partial charge on any atom is 0.246 e. The van der Waals surface area contributed by atoms with Crippen LogP contribution in [0.25, 0.3) is 0 Å². The van der Waals surface area contributed by atoms with Crippen LogP contribution in [0.3, 0.4) is 0 Å². The molecule has 2 aromatic carbocycles. The molecule has 0 radical (unpaired) electrons. The number of rotatable bonds is 10. The molecule has 0 aliphatic rings. The molecule has 2 amide bonds. The molecule has 2 aromatic rings. The number of nitrogens with one attached hydrogen (secondary N) is 1. The fourth-order valence-corrected chi connectivity index (χ4v) is 4.07. The molecule has 0 aromatic heterocycles. The zero-order valence-electron chi connectivity index (χ0n) is 18.0. The number of aryl methyl sites for hydroxylation is 1. The zero-order chi connectivity index (χ0) is 22.1. The molecule has 1 atom stereocenters. The highest BCUT2D eigenvalue weighted by Gasteiger charge is 2.25. The molecular formula is C23H30ClN3O2S. The van der Waals surface area contributed by atoms with E-state index in [1.165, 1.54) is 18.7 Å². The monoisotopic (exact) mass is 447 g/mol. The van der Waals surface area contributed by atoms with Crippen molar-refractivity contribution < 1.29 is 9.59 Å². The first-order valence-electron chi connectivity index (χ1n) is 9.89. The molecule has 0 saturated heterocycles. The number of halogens is 1. The third-order valence-corrected chi connectivity index (χ3v) is 6.08. The summed E-state index contributed by atoms with van der Waals surface area (Å²) >= 11 is 7.74. The van der Waals surface area contributed by atoms with Crippen molar-refractivity contribution in [2.24, 2.45) is 0 Å². The van der Waals surface area contributed by atoms with Crippen LogP contribution in [0.4, 0.5) is 0 Å². The van der Waals surface area contributed by atoms with Gasteiger partial charge in [0.05, 0.1) is 0 Å². The van der Waals surface area contributed by atoms with Crippen molar-refractivity contribution in [3.05, 3.63) is 64.7 Å². The van der Waals surface area contributed by atoms with Gasteiger partial charge in [0, 0.05) is 42.2 Å². The van der Waals surface area contributed by atoms with Crippen LogP contribution in [0.15, 0.2) is 53.4 Å². The molecule has 2 rings (SSSR count). The van der Waals surface area contributed by atoms with Gasteiger partial charge in [-0.1, -0.05) is 48.0 Å². The van der Waals surface area contributed by atoms with E-state index in [4.69, 9.17) is 11.6 Å². The van der Waals surface area contributed by atoms with E-state index in [2.05, 4.69) is 5.32 Å². The number of carbonyl (C=O) groups excluding carboxylic acids is 2. The fourth-order valence-electron chi connectivity index (χ4n) is 2.88. The summed E-state index contributed by atoms with van der Waals surface area (Å²) in [5.74, 6) is 0.134. The predicted octanol–water partition coefficient (Wildman–Crippen LogP) is 3.84. The average Bonchev–Trinajstić information content (AvgIpc) is 2.70. The van der Waals surface area contributed by atoms with Crippen LogP contribution in [-0.4, -0.2) is 60.6 Å². The van der Waals surface area contributed by atoms with Crippen molar-refractivity contribution in [3.8, 4) is 0 Å². The minimum Gasteiger partial charge on any atom is -0.344 e. The van der Waals surface area contributed by atoms with Crippen LogP contribution in [0, 0.1) is 6.92 Å². The lowest BCUT2D eigenvalue weighted by molar-refractivity contribution is -0.136. The Labute approximate surface area is 188 Å². The lowest BCUT2D eigenvalue weighted by Gasteiger charge is -2.29. The van der Waals surface area contributed by atoms with Crippen molar-refractivity contribution in [1.82, 2.24) is 15.1 Å². The van der Waals surface area contributed by atoms with Gasteiger partial charge in [-0.05, 0) is 44.3 Å². The Balaban J connectivity index is 2.16. The summed E-state index contributed by atoms with van der Waals surface area (Å²) in [6.45, 7) is 5.22. The van der Waals surface area contributed by atoms with Gasteiger partial charge < -0.3 is 15.1 Å². The minimum atomic E-state index is -0.613. The van der Waals surface area contributed by atoms with E-state index in [1.54, 1.807) is 0 Å². The topological polar surface area (TPSA) is 52.7 Å². The van der Waals surface area contributed by atoms with Crippen molar-refractivity contribution in [3.63, 3.8) is 0 Å². The summed E-state index contributed by atoms with van der Waals surface area (Å²) in [5, 5.41) is 3.53. The highest BCUT2D eigenvalue weighted by Crippen LogP contribution is 2.25. The largest absolute Gasteiger partial charge is 0.344 e. The van der Waals surface area contributed by atoms with E-state index >= 15 is 0 Å². The molecule has 0 aliphatic carbocycles. The maximum atomic E-state index is 13.4. The molecule has 1 N–H and O–H groups in total. The summed E-state index contributed by atoms with van der Waals surface area (Å²) in [7, 11) is 3.96. The highest BCUT2D eigenvalue weighted by atomic mass is 35.5. The van der Waals surface area contributed by atoms with Gasteiger partial charge in [-0.3, -0.25) is 9.59 Å². The van der Waals surface area contributed by atoms with Gasteiger partial charge in [0.2, 0.25) is 11.8 Å². The summed E-state index contributed by atoms with van der Waals surface area (Å²) in [6, 6.07) is 15.1. The Morgan fingerprint density at radius 3 is 2.40 bits per heavy atom. The molecular weight excluding hydrogens is 418 g/mol. The summed E-state index contributed by atoms with van der Waals surface area (Å²) in [4.78, 5) is 30.0. The molecule has 7 heteroatoms. The van der Waals surface area contributed by atoms with Gasteiger partial charge in [-0.15, -0.1) is 11.8 Å². The molecule has 0 bridgehead atoms. The highest BCUT2D eigenvalue weighted by molar-refractivity contribution is 7.99. The molecule has 162 valence electrons. The quantitative estimate of drug-likeness (QED) is 0.562. The smallest absolute Gasteiger partial charge is 0.246 e. The number of carbonyl (C=O) groups is 2. The zero-order valence-corrected chi connectivity index (χ0v) is 19.6. The van der Waals surface area contributed by atoms with Crippen molar-refractivity contribution in [1.29, 1.82) is 0 Å². The van der Waals surface area contributed by atoms with Gasteiger partial charge in [0.15, 0.2) is 0 Å². The van der Waals surface area contributed by atoms with Gasteiger partial charge in [0.1, 0.15) is 6.04 Å². The predicted molar refractivity (Wildman–Crippen MR) is 125 cm³/mol. The molecule has 0 heterocycles. The van der Waals surface area contributed by atoms with Crippen LogP contribution in [0.5, 0.6) is 0 Å². The molecule has 1 unspecified atom stereocenters. The van der Waals surface area contributed by atoms with Gasteiger partial charge in [-0.2, -0.15) is 0 Å². The van der Waals surface area contributed by atoms with Crippen LogP contribution in [0.1, 0.15) is 18.1 Å². The standard InChI is InChI=1S/C23H30ClN3O2S/c1-17-10-11-20(14-21(17)24)30-16-22(25-18(2)28)23(29)27(13-12-26(3)4)15-19-8-6-5-7-9-19/h5-11,14,22H,12-13,15-16H2,1-4H3,(H,25,28). The first-order chi connectivity index (χ1) is 14.3. The molecule has 0 spiro atoms. The first kappa shape index (κ1) is 24.3. The third kappa shape index (κ3) is 8.01. The second kappa shape index (κ2) is 12.0. The number of nitrogens with zero attached hydrogens (tertiary/aromatic N) is 2. The lowest BCUT2D eigenvalue weighted by atomic mass is 10.2. The Hall–Kier alpha value is -2.02. The first-order valence-corrected chi connectivity index (χ1v) is 11.3. The van der Waals surface area contributed by atoms with Gasteiger partial charge in [-0.25, -0.2) is 0 Å². The summed E-state index contributed by atoms with van der Waals surface area (Å²) in [5.41, 5.74) is 2.07. The van der Waals surface area contributed by atoms with E-state index in [9.17, 15) is 9.59 Å². The third-order valence-electron chi connectivity index (χ3n) is 4.58. The molecule has 0 fully saturated rings. The number of amides is 2.